The fraction of sp³-hybridized carbons (Fsp3) is 0.316. The molecule has 0 aliphatic carbocycles. The smallest absolute Gasteiger partial charge is 0.259 e. The maximum Gasteiger partial charge on any atom is 0.259 e. The molecule has 0 bridgehead atoms. The number of hydrogen-bond donors (Lipinski definition) is 2. The quantitative estimate of drug-likeness (QED) is 0.719. The van der Waals surface area contributed by atoms with E-state index in [4.69, 9.17) is 0 Å². The summed E-state index contributed by atoms with van der Waals surface area (Å²) in [5.41, 5.74) is 3.95. The van der Waals surface area contributed by atoms with E-state index in [9.17, 15) is 9.59 Å². The van der Waals surface area contributed by atoms with Crippen molar-refractivity contribution in [2.45, 2.75) is 37.3 Å². The molecule has 1 aliphatic rings. The molecule has 2 aromatic heterocycles. The first-order valence-electron chi connectivity index (χ1n) is 8.56. The third-order valence-corrected chi connectivity index (χ3v) is 7.21. The molecule has 26 heavy (non-hydrogen) atoms. The lowest BCUT2D eigenvalue weighted by molar-refractivity contribution is -0.115. The van der Waals surface area contributed by atoms with Crippen LogP contribution in [-0.4, -0.2) is 21.6 Å². The van der Waals surface area contributed by atoms with Crippen molar-refractivity contribution in [3.63, 3.8) is 0 Å². The van der Waals surface area contributed by atoms with E-state index < -0.39 is 0 Å². The Hall–Kier alpha value is -2.12. The summed E-state index contributed by atoms with van der Waals surface area (Å²) in [5, 5.41) is 3.62. The number of nitrogens with one attached hydrogen (secondary N) is 2. The van der Waals surface area contributed by atoms with Crippen molar-refractivity contribution in [1.29, 1.82) is 0 Å². The number of aromatic nitrogens is 2. The normalized spacial score (nSPS) is 13.6. The molecule has 0 spiro atoms. The van der Waals surface area contributed by atoms with E-state index in [1.54, 1.807) is 23.1 Å². The van der Waals surface area contributed by atoms with Crippen molar-refractivity contribution in [3.05, 3.63) is 51.1 Å². The van der Waals surface area contributed by atoms with E-state index in [0.29, 0.717) is 11.2 Å². The number of carbonyl (C=O) groups is 1. The molecule has 0 fully saturated rings. The van der Waals surface area contributed by atoms with Gasteiger partial charge in [0.25, 0.3) is 5.56 Å². The van der Waals surface area contributed by atoms with E-state index in [2.05, 4.69) is 15.3 Å². The number of fused-ring (bicyclic) bond motifs is 3. The van der Waals surface area contributed by atoms with Crippen LogP contribution in [0, 0.1) is 13.8 Å². The van der Waals surface area contributed by atoms with Crippen LogP contribution in [0.1, 0.15) is 28.9 Å². The lowest BCUT2D eigenvalue weighted by Gasteiger charge is -2.10. The van der Waals surface area contributed by atoms with Crippen LogP contribution >= 0.6 is 23.1 Å². The average Bonchev–Trinajstić information content (AvgIpc) is 2.97. The van der Waals surface area contributed by atoms with Crippen molar-refractivity contribution < 1.29 is 4.79 Å². The maximum atomic E-state index is 12.5. The van der Waals surface area contributed by atoms with Gasteiger partial charge < -0.3 is 10.3 Å². The molecule has 2 N–H and O–H groups in total. The number of benzene rings is 1. The second-order valence-electron chi connectivity index (χ2n) is 6.49. The van der Waals surface area contributed by atoms with Gasteiger partial charge in [-0.2, -0.15) is 0 Å². The summed E-state index contributed by atoms with van der Waals surface area (Å²) in [4.78, 5) is 33.0. The van der Waals surface area contributed by atoms with Crippen LogP contribution in [0.25, 0.3) is 10.2 Å². The van der Waals surface area contributed by atoms with Crippen LogP contribution < -0.4 is 10.9 Å². The highest BCUT2D eigenvalue weighted by Gasteiger charge is 2.21. The van der Waals surface area contributed by atoms with E-state index in [1.165, 1.54) is 4.21 Å². The van der Waals surface area contributed by atoms with Gasteiger partial charge in [0.1, 0.15) is 10.7 Å². The third kappa shape index (κ3) is 3.17. The number of rotatable bonds is 3. The topological polar surface area (TPSA) is 74.8 Å². The first-order valence-corrected chi connectivity index (χ1v) is 10.4. The molecule has 1 amide bonds. The molecular formula is C19H19N3O2S2. The molecule has 0 saturated heterocycles. The fourth-order valence-corrected chi connectivity index (χ4v) is 5.71. The van der Waals surface area contributed by atoms with Crippen LogP contribution in [0.2, 0.25) is 0 Å². The molecule has 3 aromatic rings. The molecule has 134 valence electrons. The molecule has 3 heterocycles. The first-order chi connectivity index (χ1) is 12.5. The lowest BCUT2D eigenvalue weighted by Crippen LogP contribution is -2.20. The Balaban J connectivity index is 1.60. The Kier molecular flexibility index (Phi) is 4.58. The zero-order valence-electron chi connectivity index (χ0n) is 14.6. The molecule has 1 aromatic carbocycles. The van der Waals surface area contributed by atoms with Crippen molar-refractivity contribution >= 4 is 44.9 Å². The van der Waals surface area contributed by atoms with Crippen LogP contribution in [0.4, 0.5) is 5.69 Å². The Morgan fingerprint density at radius 1 is 1.35 bits per heavy atom. The number of anilines is 1. The summed E-state index contributed by atoms with van der Waals surface area (Å²) in [5.74, 6) is 1.31. The minimum absolute atomic E-state index is 0.0499. The number of amides is 1. The zero-order valence-corrected chi connectivity index (χ0v) is 16.3. The monoisotopic (exact) mass is 385 g/mol. The van der Waals surface area contributed by atoms with Gasteiger partial charge in [-0.3, -0.25) is 9.59 Å². The average molecular weight is 386 g/mol. The van der Waals surface area contributed by atoms with Gasteiger partial charge in [-0.1, -0.05) is 12.1 Å². The summed E-state index contributed by atoms with van der Waals surface area (Å²) in [6.07, 6.45) is 2.07. The van der Waals surface area contributed by atoms with Gasteiger partial charge in [0.15, 0.2) is 0 Å². The minimum atomic E-state index is -0.183. The second-order valence-corrected chi connectivity index (χ2v) is 8.85. The molecule has 5 nitrogen and oxygen atoms in total. The lowest BCUT2D eigenvalue weighted by atomic mass is 10.1. The van der Waals surface area contributed by atoms with Crippen LogP contribution in [0.5, 0.6) is 0 Å². The predicted octanol–water partition coefficient (Wildman–Crippen LogP) is 3.82. The molecule has 0 unspecified atom stereocenters. The number of aryl methyl sites for hydroxylation is 2. The van der Waals surface area contributed by atoms with Gasteiger partial charge in [0, 0.05) is 5.69 Å². The van der Waals surface area contributed by atoms with E-state index in [0.717, 1.165) is 45.8 Å². The Morgan fingerprint density at radius 2 is 2.19 bits per heavy atom. The Labute approximate surface area is 159 Å². The van der Waals surface area contributed by atoms with Gasteiger partial charge >= 0.3 is 0 Å². The maximum absolute atomic E-state index is 12.5. The molecule has 4 rings (SSSR count). The number of thioether (sulfide) groups is 1. The van der Waals surface area contributed by atoms with Gasteiger partial charge in [-0.05, 0) is 55.2 Å². The molecule has 0 radical (unpaired) electrons. The molecular weight excluding hydrogens is 366 g/mol. The Bertz CT molecular complexity index is 1070. The number of nitrogens with zero attached hydrogens (tertiary/aromatic N) is 1. The number of hydrogen-bond acceptors (Lipinski definition) is 5. The summed E-state index contributed by atoms with van der Waals surface area (Å²) in [7, 11) is 0. The van der Waals surface area contributed by atoms with Gasteiger partial charge in [0.05, 0.1) is 16.0 Å². The summed E-state index contributed by atoms with van der Waals surface area (Å²) >= 11 is 3.36. The van der Waals surface area contributed by atoms with Crippen LogP contribution in [-0.2, 0) is 17.6 Å². The Morgan fingerprint density at radius 3 is 3.04 bits per heavy atom. The first kappa shape index (κ1) is 17.3. The predicted molar refractivity (Wildman–Crippen MR) is 108 cm³/mol. The molecule has 1 aliphatic heterocycles. The minimum Gasteiger partial charge on any atom is -0.325 e. The van der Waals surface area contributed by atoms with Gasteiger partial charge in [0.2, 0.25) is 5.91 Å². The highest BCUT2D eigenvalue weighted by molar-refractivity contribution is 8.01. The number of aromatic amines is 1. The number of H-pyrrole nitrogens is 1. The van der Waals surface area contributed by atoms with Gasteiger partial charge in [-0.25, -0.2) is 4.98 Å². The second kappa shape index (κ2) is 6.89. The fourth-order valence-electron chi connectivity index (χ4n) is 3.16. The highest BCUT2D eigenvalue weighted by atomic mass is 32.2. The summed E-state index contributed by atoms with van der Waals surface area (Å²) in [6, 6.07) is 5.80. The zero-order chi connectivity index (χ0) is 18.3. The third-order valence-electron chi connectivity index (χ3n) is 4.68. The SMILES string of the molecule is Cc1cccc(NC(=O)Cc2nc3sc4c(c3c(=O)[nH]2)CCCS4)c1C. The van der Waals surface area contributed by atoms with E-state index in [1.807, 2.05) is 32.0 Å². The molecule has 0 saturated carbocycles. The highest BCUT2D eigenvalue weighted by Crippen LogP contribution is 2.39. The van der Waals surface area contributed by atoms with Crippen molar-refractivity contribution in [1.82, 2.24) is 9.97 Å². The van der Waals surface area contributed by atoms with Crippen molar-refractivity contribution in [2.75, 3.05) is 11.1 Å². The van der Waals surface area contributed by atoms with Crippen LogP contribution in [0.3, 0.4) is 0 Å². The summed E-state index contributed by atoms with van der Waals surface area (Å²) in [6.45, 7) is 3.99. The standard InChI is InChI=1S/C19H19N3O2S2/c1-10-5-3-7-13(11(10)2)20-15(23)9-14-21-17(24)16-12-6-4-8-25-19(12)26-18(16)22-14/h3,5,7H,4,6,8-9H2,1-2H3,(H,20,23)(H,21,22,24). The number of thiophene rings is 1. The number of carbonyl (C=O) groups excluding carboxylic acids is 1. The van der Waals surface area contributed by atoms with Crippen molar-refractivity contribution in [3.8, 4) is 0 Å². The van der Waals surface area contributed by atoms with E-state index >= 15 is 0 Å². The summed E-state index contributed by atoms with van der Waals surface area (Å²) < 4.78 is 1.20. The van der Waals surface area contributed by atoms with Crippen LogP contribution in [0.15, 0.2) is 27.2 Å². The molecule has 0 atom stereocenters. The van der Waals surface area contributed by atoms with E-state index in [-0.39, 0.29) is 17.9 Å². The molecule has 7 heteroatoms. The largest absolute Gasteiger partial charge is 0.325 e. The van der Waals surface area contributed by atoms with Crippen molar-refractivity contribution in [2.24, 2.45) is 0 Å². The van der Waals surface area contributed by atoms with Gasteiger partial charge in [-0.15, -0.1) is 23.1 Å².